The number of rotatable bonds is 5. The zero-order valence-corrected chi connectivity index (χ0v) is 14.3. The number of anilines is 1. The standard InChI is InChI=1S/C17H21N5O3/c1-21(16(23)13-4-3-6-20-15(13)25-2)11-17(24)5-9-22(12-17)14-10-18-7-8-19-14/h3-4,6-8,10,24H,5,9,11-12H2,1-2H3/t17-/m1/s1. The van der Waals surface area contributed by atoms with Gasteiger partial charge in [-0.25, -0.2) is 9.97 Å². The Balaban J connectivity index is 1.68. The van der Waals surface area contributed by atoms with Gasteiger partial charge in [0.05, 0.1) is 19.9 Å². The van der Waals surface area contributed by atoms with Gasteiger partial charge in [0.1, 0.15) is 17.0 Å². The highest BCUT2D eigenvalue weighted by Crippen LogP contribution is 2.26. The first kappa shape index (κ1) is 17.1. The molecule has 0 unspecified atom stereocenters. The summed E-state index contributed by atoms with van der Waals surface area (Å²) in [5.41, 5.74) is -0.628. The summed E-state index contributed by atoms with van der Waals surface area (Å²) in [6.45, 7) is 1.27. The Morgan fingerprint density at radius 3 is 2.96 bits per heavy atom. The zero-order valence-electron chi connectivity index (χ0n) is 14.3. The van der Waals surface area contributed by atoms with Gasteiger partial charge in [-0.2, -0.15) is 0 Å². The van der Waals surface area contributed by atoms with Crippen molar-refractivity contribution in [3.63, 3.8) is 0 Å². The molecule has 0 radical (unpaired) electrons. The number of hydrogen-bond acceptors (Lipinski definition) is 7. The van der Waals surface area contributed by atoms with Gasteiger partial charge < -0.3 is 19.6 Å². The van der Waals surface area contributed by atoms with Crippen LogP contribution in [0.4, 0.5) is 5.82 Å². The van der Waals surface area contributed by atoms with E-state index in [1.54, 1.807) is 44.0 Å². The second-order valence-electron chi connectivity index (χ2n) is 6.18. The van der Waals surface area contributed by atoms with Gasteiger partial charge in [0.2, 0.25) is 5.88 Å². The maximum absolute atomic E-state index is 12.7. The van der Waals surface area contributed by atoms with Gasteiger partial charge in [-0.3, -0.25) is 9.78 Å². The molecule has 8 nitrogen and oxygen atoms in total. The molecule has 2 aromatic rings. The molecule has 1 aliphatic rings. The smallest absolute Gasteiger partial charge is 0.259 e. The van der Waals surface area contributed by atoms with E-state index in [2.05, 4.69) is 15.0 Å². The predicted molar refractivity (Wildman–Crippen MR) is 91.6 cm³/mol. The van der Waals surface area contributed by atoms with Crippen LogP contribution in [-0.2, 0) is 0 Å². The summed E-state index contributed by atoms with van der Waals surface area (Å²) in [6.07, 6.45) is 7.02. The number of carbonyl (C=O) groups is 1. The Morgan fingerprint density at radius 1 is 1.40 bits per heavy atom. The van der Waals surface area contributed by atoms with Crippen LogP contribution in [0, 0.1) is 0 Å². The Labute approximate surface area is 146 Å². The molecular formula is C17H21N5O3. The number of aliphatic hydroxyl groups is 1. The SMILES string of the molecule is COc1ncccc1C(=O)N(C)C[C@]1(O)CCN(c2cnccn2)C1. The van der Waals surface area contributed by atoms with E-state index in [4.69, 9.17) is 4.74 Å². The van der Waals surface area contributed by atoms with Crippen molar-refractivity contribution in [1.29, 1.82) is 0 Å². The first-order chi connectivity index (χ1) is 12.0. The maximum atomic E-state index is 12.7. The third-order valence-corrected chi connectivity index (χ3v) is 4.28. The molecule has 132 valence electrons. The predicted octanol–water partition coefficient (Wildman–Crippen LogP) is 0.594. The summed E-state index contributed by atoms with van der Waals surface area (Å²) in [7, 11) is 3.14. The quantitative estimate of drug-likeness (QED) is 0.849. The molecule has 0 bridgehead atoms. The van der Waals surface area contributed by atoms with Crippen LogP contribution in [0.15, 0.2) is 36.9 Å². The molecule has 1 saturated heterocycles. The molecule has 0 aromatic carbocycles. The third-order valence-electron chi connectivity index (χ3n) is 4.28. The number of aromatic nitrogens is 3. The summed E-state index contributed by atoms with van der Waals surface area (Å²) < 4.78 is 5.14. The van der Waals surface area contributed by atoms with Crippen molar-refractivity contribution >= 4 is 11.7 Å². The van der Waals surface area contributed by atoms with Gasteiger partial charge in [-0.05, 0) is 18.6 Å². The molecule has 1 fully saturated rings. The molecule has 0 spiro atoms. The van der Waals surface area contributed by atoms with E-state index in [0.717, 1.165) is 5.82 Å². The first-order valence-electron chi connectivity index (χ1n) is 8.00. The van der Waals surface area contributed by atoms with Crippen LogP contribution in [0.3, 0.4) is 0 Å². The molecule has 1 N–H and O–H groups in total. The van der Waals surface area contributed by atoms with Crippen LogP contribution in [0.2, 0.25) is 0 Å². The van der Waals surface area contributed by atoms with Gasteiger partial charge in [0.15, 0.2) is 0 Å². The topological polar surface area (TPSA) is 91.7 Å². The van der Waals surface area contributed by atoms with Crippen molar-refractivity contribution < 1.29 is 14.6 Å². The fourth-order valence-electron chi connectivity index (χ4n) is 3.07. The van der Waals surface area contributed by atoms with Crippen LogP contribution >= 0.6 is 0 Å². The van der Waals surface area contributed by atoms with E-state index >= 15 is 0 Å². The number of β-amino-alcohol motifs (C(OH)–C–C–N with tert-alkyl or cyclic N) is 1. The minimum atomic E-state index is -1.00. The Hall–Kier alpha value is -2.74. The lowest BCUT2D eigenvalue weighted by molar-refractivity contribution is 0.0262. The van der Waals surface area contributed by atoms with Crippen molar-refractivity contribution in [1.82, 2.24) is 19.9 Å². The first-order valence-corrected chi connectivity index (χ1v) is 8.00. The largest absolute Gasteiger partial charge is 0.480 e. The number of ether oxygens (including phenoxy) is 1. The second-order valence-corrected chi connectivity index (χ2v) is 6.18. The molecule has 25 heavy (non-hydrogen) atoms. The van der Waals surface area contributed by atoms with Crippen molar-refractivity contribution in [3.05, 3.63) is 42.5 Å². The summed E-state index contributed by atoms with van der Waals surface area (Å²) in [6, 6.07) is 3.35. The molecule has 3 rings (SSSR count). The number of likely N-dealkylation sites (N-methyl/N-ethyl adjacent to an activating group) is 1. The van der Waals surface area contributed by atoms with E-state index < -0.39 is 5.60 Å². The fourth-order valence-corrected chi connectivity index (χ4v) is 3.07. The number of pyridine rings is 1. The molecule has 0 aliphatic carbocycles. The Kier molecular flexibility index (Phi) is 4.80. The van der Waals surface area contributed by atoms with Crippen molar-refractivity contribution in [2.75, 3.05) is 38.7 Å². The number of methoxy groups -OCH3 is 1. The van der Waals surface area contributed by atoms with Crippen molar-refractivity contribution in [2.24, 2.45) is 0 Å². The van der Waals surface area contributed by atoms with Gasteiger partial charge in [0.25, 0.3) is 5.91 Å². The molecule has 0 saturated carbocycles. The molecule has 2 aromatic heterocycles. The van der Waals surface area contributed by atoms with Crippen LogP contribution in [-0.4, -0.2) is 70.3 Å². The van der Waals surface area contributed by atoms with Gasteiger partial charge >= 0.3 is 0 Å². The highest BCUT2D eigenvalue weighted by Gasteiger charge is 2.38. The van der Waals surface area contributed by atoms with E-state index in [1.807, 2.05) is 4.90 Å². The monoisotopic (exact) mass is 343 g/mol. The van der Waals surface area contributed by atoms with Crippen LogP contribution in [0.5, 0.6) is 5.88 Å². The van der Waals surface area contributed by atoms with E-state index in [-0.39, 0.29) is 18.3 Å². The summed E-state index contributed by atoms with van der Waals surface area (Å²) in [4.78, 5) is 28.5. The zero-order chi connectivity index (χ0) is 17.9. The lowest BCUT2D eigenvalue weighted by atomic mass is 10.0. The Morgan fingerprint density at radius 2 is 2.24 bits per heavy atom. The number of carbonyl (C=O) groups excluding carboxylic acids is 1. The van der Waals surface area contributed by atoms with Gasteiger partial charge in [0, 0.05) is 38.7 Å². The minimum absolute atomic E-state index is 0.209. The van der Waals surface area contributed by atoms with Gasteiger partial charge in [-0.1, -0.05) is 0 Å². The fraction of sp³-hybridized carbons (Fsp3) is 0.412. The highest BCUT2D eigenvalue weighted by atomic mass is 16.5. The maximum Gasteiger partial charge on any atom is 0.259 e. The van der Waals surface area contributed by atoms with Gasteiger partial charge in [-0.15, -0.1) is 0 Å². The average Bonchev–Trinajstić information content (AvgIpc) is 3.03. The number of amides is 1. The molecule has 8 heteroatoms. The summed E-state index contributed by atoms with van der Waals surface area (Å²) >= 11 is 0. The third kappa shape index (κ3) is 3.69. The number of hydrogen-bond donors (Lipinski definition) is 1. The molecule has 1 atom stereocenters. The second kappa shape index (κ2) is 7.02. The Bertz CT molecular complexity index is 742. The van der Waals surface area contributed by atoms with E-state index in [0.29, 0.717) is 25.1 Å². The minimum Gasteiger partial charge on any atom is -0.480 e. The van der Waals surface area contributed by atoms with Crippen molar-refractivity contribution in [3.8, 4) is 5.88 Å². The van der Waals surface area contributed by atoms with Crippen LogP contribution in [0.1, 0.15) is 16.8 Å². The highest BCUT2D eigenvalue weighted by molar-refractivity contribution is 5.96. The normalized spacial score (nSPS) is 19.7. The number of nitrogens with zero attached hydrogens (tertiary/aromatic N) is 5. The lowest BCUT2D eigenvalue weighted by Gasteiger charge is -2.29. The lowest BCUT2D eigenvalue weighted by Crippen LogP contribution is -2.46. The summed E-state index contributed by atoms with van der Waals surface area (Å²) in [5.74, 6) is 0.761. The summed E-state index contributed by atoms with van der Waals surface area (Å²) in [5, 5.41) is 10.9. The molecule has 3 heterocycles. The van der Waals surface area contributed by atoms with Crippen LogP contribution < -0.4 is 9.64 Å². The molecule has 1 aliphatic heterocycles. The molecular weight excluding hydrogens is 322 g/mol. The van der Waals surface area contributed by atoms with E-state index in [1.165, 1.54) is 12.0 Å². The van der Waals surface area contributed by atoms with Crippen molar-refractivity contribution in [2.45, 2.75) is 12.0 Å². The molecule has 1 amide bonds. The van der Waals surface area contributed by atoms with Crippen LogP contribution in [0.25, 0.3) is 0 Å². The average molecular weight is 343 g/mol. The van der Waals surface area contributed by atoms with E-state index in [9.17, 15) is 9.90 Å².